The molecule has 1 aliphatic rings. The lowest BCUT2D eigenvalue weighted by Gasteiger charge is -2.27. The third-order valence-corrected chi connectivity index (χ3v) is 4.65. The topological polar surface area (TPSA) is 55.6 Å². The minimum absolute atomic E-state index is 0.207. The van der Waals surface area contributed by atoms with Gasteiger partial charge in [-0.25, -0.2) is 0 Å². The Hall–Kier alpha value is -1.81. The van der Waals surface area contributed by atoms with Crippen LogP contribution in [0.25, 0.3) is 0 Å². The molecule has 1 heterocycles. The van der Waals surface area contributed by atoms with Crippen molar-refractivity contribution in [3.05, 3.63) is 47.2 Å². The van der Waals surface area contributed by atoms with E-state index in [4.69, 9.17) is 10.5 Å². The van der Waals surface area contributed by atoms with Crippen LogP contribution in [0.1, 0.15) is 37.0 Å². The van der Waals surface area contributed by atoms with E-state index in [1.54, 1.807) is 0 Å². The lowest BCUT2D eigenvalue weighted by atomic mass is 9.80. The van der Waals surface area contributed by atoms with Crippen molar-refractivity contribution in [3.8, 4) is 0 Å². The van der Waals surface area contributed by atoms with Crippen molar-refractivity contribution in [1.29, 1.82) is 0 Å². The van der Waals surface area contributed by atoms with Gasteiger partial charge in [-0.15, -0.1) is 0 Å². The second-order valence-electron chi connectivity index (χ2n) is 6.85. The van der Waals surface area contributed by atoms with Crippen molar-refractivity contribution in [3.63, 3.8) is 0 Å². The number of hydrogen-bond donors (Lipinski definition) is 1. The van der Waals surface area contributed by atoms with Gasteiger partial charge in [0.15, 0.2) is 0 Å². The molecule has 1 aliphatic heterocycles. The molecule has 4 heteroatoms. The zero-order valence-corrected chi connectivity index (χ0v) is 14.5. The maximum Gasteiger partial charge on any atom is 0.223 e. The van der Waals surface area contributed by atoms with E-state index in [1.165, 1.54) is 11.1 Å². The Morgan fingerprint density at radius 2 is 1.96 bits per heavy atom. The molecular weight excluding hydrogens is 288 g/mol. The van der Waals surface area contributed by atoms with Crippen molar-refractivity contribution < 1.29 is 9.53 Å². The first kappa shape index (κ1) is 17.5. The molecule has 2 N–H and O–H groups in total. The van der Waals surface area contributed by atoms with Crippen molar-refractivity contribution in [2.45, 2.75) is 39.0 Å². The van der Waals surface area contributed by atoms with Crippen molar-refractivity contribution >= 4 is 5.91 Å². The van der Waals surface area contributed by atoms with Gasteiger partial charge in [-0.05, 0) is 24.5 Å². The summed E-state index contributed by atoms with van der Waals surface area (Å²) >= 11 is 0. The summed E-state index contributed by atoms with van der Waals surface area (Å²) in [6.45, 7) is 12.8. The zero-order chi connectivity index (χ0) is 17.0. The van der Waals surface area contributed by atoms with Gasteiger partial charge in [-0.2, -0.15) is 0 Å². The Bertz CT molecular complexity index is 587. The highest BCUT2D eigenvalue weighted by Gasteiger charge is 2.23. The van der Waals surface area contributed by atoms with Crippen molar-refractivity contribution in [2.75, 3.05) is 26.3 Å². The first-order chi connectivity index (χ1) is 10.8. The van der Waals surface area contributed by atoms with Crippen LogP contribution in [-0.2, 0) is 21.4 Å². The third-order valence-electron chi connectivity index (χ3n) is 4.65. The first-order valence-corrected chi connectivity index (χ1v) is 8.22. The van der Waals surface area contributed by atoms with Gasteiger partial charge in [-0.3, -0.25) is 4.79 Å². The van der Waals surface area contributed by atoms with Gasteiger partial charge in [0.25, 0.3) is 0 Å². The van der Waals surface area contributed by atoms with Crippen LogP contribution >= 0.6 is 0 Å². The molecule has 0 atom stereocenters. The van der Waals surface area contributed by atoms with Crippen molar-refractivity contribution in [1.82, 2.24) is 4.90 Å². The Morgan fingerprint density at radius 3 is 2.57 bits per heavy atom. The maximum atomic E-state index is 12.3. The standard InChI is InChI=1S/C19H28N2O2/c1-14-11-16(13-17(12-14)19(3,4)15(2)20)5-6-18(22)21-7-9-23-10-8-21/h11-13H,2,5-10,20H2,1,3-4H3. The second kappa shape index (κ2) is 7.18. The molecular formula is C19H28N2O2. The minimum Gasteiger partial charge on any atom is -0.402 e. The predicted octanol–water partition coefficient (Wildman–Crippen LogP) is 2.54. The number of morpholine rings is 1. The normalized spacial score (nSPS) is 15.5. The number of amides is 1. The van der Waals surface area contributed by atoms with Crippen LogP contribution in [0, 0.1) is 6.92 Å². The molecule has 1 saturated heterocycles. The molecule has 0 saturated carbocycles. The number of nitrogens with zero attached hydrogens (tertiary/aromatic N) is 1. The Balaban J connectivity index is 2.07. The summed E-state index contributed by atoms with van der Waals surface area (Å²) in [5.41, 5.74) is 9.85. The van der Waals surface area contributed by atoms with E-state index < -0.39 is 0 Å². The number of benzene rings is 1. The molecule has 0 radical (unpaired) electrons. The summed E-state index contributed by atoms with van der Waals surface area (Å²) in [7, 11) is 0. The molecule has 2 rings (SSSR count). The highest BCUT2D eigenvalue weighted by molar-refractivity contribution is 5.76. The summed E-state index contributed by atoms with van der Waals surface area (Å²) in [5.74, 6) is 0.207. The molecule has 4 nitrogen and oxygen atoms in total. The minimum atomic E-state index is -0.269. The number of rotatable bonds is 5. The monoisotopic (exact) mass is 316 g/mol. The molecule has 0 bridgehead atoms. The molecule has 0 aliphatic carbocycles. The lowest BCUT2D eigenvalue weighted by Crippen LogP contribution is -2.40. The molecule has 23 heavy (non-hydrogen) atoms. The van der Waals surface area contributed by atoms with E-state index in [1.807, 2.05) is 4.90 Å². The van der Waals surface area contributed by atoms with E-state index in [0.717, 1.165) is 12.0 Å². The first-order valence-electron chi connectivity index (χ1n) is 8.22. The van der Waals surface area contributed by atoms with Gasteiger partial charge in [0.2, 0.25) is 5.91 Å². The molecule has 0 spiro atoms. The smallest absolute Gasteiger partial charge is 0.223 e. The van der Waals surface area contributed by atoms with E-state index in [0.29, 0.717) is 38.4 Å². The number of hydrogen-bond acceptors (Lipinski definition) is 3. The summed E-state index contributed by atoms with van der Waals surface area (Å²) in [5, 5.41) is 0. The van der Waals surface area contributed by atoms with Crippen LogP contribution in [-0.4, -0.2) is 37.1 Å². The van der Waals surface area contributed by atoms with Crippen LogP contribution in [0.4, 0.5) is 0 Å². The molecule has 1 aromatic carbocycles. The van der Waals surface area contributed by atoms with Gasteiger partial charge in [0.05, 0.1) is 13.2 Å². The van der Waals surface area contributed by atoms with Gasteiger partial charge in [0.1, 0.15) is 0 Å². The predicted molar refractivity (Wildman–Crippen MR) is 93.3 cm³/mol. The maximum absolute atomic E-state index is 12.3. The van der Waals surface area contributed by atoms with E-state index >= 15 is 0 Å². The Morgan fingerprint density at radius 1 is 1.30 bits per heavy atom. The average Bonchev–Trinajstić information content (AvgIpc) is 2.52. The summed E-state index contributed by atoms with van der Waals surface area (Å²) in [6, 6.07) is 6.44. The SMILES string of the molecule is C=C(N)C(C)(C)c1cc(C)cc(CCC(=O)N2CCOCC2)c1. The zero-order valence-electron chi connectivity index (χ0n) is 14.5. The number of ether oxygens (including phenoxy) is 1. The quantitative estimate of drug-likeness (QED) is 0.908. The molecule has 126 valence electrons. The molecule has 0 aromatic heterocycles. The van der Waals surface area contributed by atoms with Gasteiger partial charge in [0, 0.05) is 30.6 Å². The largest absolute Gasteiger partial charge is 0.402 e. The third kappa shape index (κ3) is 4.35. The van der Waals surface area contributed by atoms with E-state index in [-0.39, 0.29) is 11.3 Å². The van der Waals surface area contributed by atoms with Crippen LogP contribution in [0.3, 0.4) is 0 Å². The number of carbonyl (C=O) groups excluding carboxylic acids is 1. The average molecular weight is 316 g/mol. The fraction of sp³-hybridized carbons (Fsp3) is 0.526. The summed E-state index contributed by atoms with van der Waals surface area (Å²) < 4.78 is 5.29. The fourth-order valence-electron chi connectivity index (χ4n) is 2.78. The van der Waals surface area contributed by atoms with Gasteiger partial charge in [-0.1, -0.05) is 44.2 Å². The number of allylic oxidation sites excluding steroid dienone is 1. The summed E-state index contributed by atoms with van der Waals surface area (Å²) in [6.07, 6.45) is 1.28. The Labute approximate surface area is 139 Å². The molecule has 0 unspecified atom stereocenters. The van der Waals surface area contributed by atoms with E-state index in [9.17, 15) is 4.79 Å². The fourth-order valence-corrected chi connectivity index (χ4v) is 2.78. The number of aryl methyl sites for hydroxylation is 2. The lowest BCUT2D eigenvalue weighted by molar-refractivity contribution is -0.135. The van der Waals surface area contributed by atoms with Crippen LogP contribution < -0.4 is 5.73 Å². The molecule has 1 fully saturated rings. The molecule has 1 aromatic rings. The summed E-state index contributed by atoms with van der Waals surface area (Å²) in [4.78, 5) is 14.2. The number of nitrogens with two attached hydrogens (primary N) is 1. The van der Waals surface area contributed by atoms with Crippen molar-refractivity contribution in [2.24, 2.45) is 5.73 Å². The Kier molecular flexibility index (Phi) is 5.47. The highest BCUT2D eigenvalue weighted by Crippen LogP contribution is 2.29. The van der Waals surface area contributed by atoms with Gasteiger partial charge < -0.3 is 15.4 Å². The van der Waals surface area contributed by atoms with Gasteiger partial charge >= 0.3 is 0 Å². The number of carbonyl (C=O) groups is 1. The van der Waals surface area contributed by atoms with Crippen LogP contribution in [0.2, 0.25) is 0 Å². The van der Waals surface area contributed by atoms with Crippen LogP contribution in [0.5, 0.6) is 0 Å². The van der Waals surface area contributed by atoms with Crippen LogP contribution in [0.15, 0.2) is 30.5 Å². The highest BCUT2D eigenvalue weighted by atomic mass is 16.5. The second-order valence-corrected chi connectivity index (χ2v) is 6.85. The van der Waals surface area contributed by atoms with E-state index in [2.05, 4.69) is 45.5 Å². The molecule has 1 amide bonds.